The zero-order chi connectivity index (χ0) is 20.9. The first-order chi connectivity index (χ1) is 14.6. The minimum atomic E-state index is -0.222. The molecule has 1 aromatic heterocycles. The third kappa shape index (κ3) is 4.31. The fourth-order valence-electron chi connectivity index (χ4n) is 3.17. The van der Waals surface area contributed by atoms with E-state index in [1.807, 2.05) is 25.1 Å². The molecule has 0 radical (unpaired) electrons. The largest absolute Gasteiger partial charge is 0.493 e. The van der Waals surface area contributed by atoms with Gasteiger partial charge in [0.1, 0.15) is 23.1 Å². The Kier molecular flexibility index (Phi) is 5.44. The van der Waals surface area contributed by atoms with Crippen LogP contribution < -0.4 is 14.8 Å². The molecule has 1 aliphatic rings. The van der Waals surface area contributed by atoms with Crippen LogP contribution >= 0.6 is 0 Å². The van der Waals surface area contributed by atoms with Crippen molar-refractivity contribution in [1.82, 2.24) is 4.98 Å². The zero-order valence-corrected chi connectivity index (χ0v) is 16.4. The van der Waals surface area contributed by atoms with Gasteiger partial charge < -0.3 is 14.8 Å². The number of ether oxygens (including phenoxy) is 2. The summed E-state index contributed by atoms with van der Waals surface area (Å²) in [4.78, 5) is 16.4. The molecule has 0 aliphatic carbocycles. The lowest BCUT2D eigenvalue weighted by molar-refractivity contribution is -0.111. The van der Waals surface area contributed by atoms with Crippen LogP contribution in [0.1, 0.15) is 22.3 Å². The van der Waals surface area contributed by atoms with Crippen molar-refractivity contribution in [3.63, 3.8) is 0 Å². The summed E-state index contributed by atoms with van der Waals surface area (Å²) >= 11 is 0. The van der Waals surface area contributed by atoms with E-state index in [1.165, 1.54) is 6.08 Å². The highest BCUT2D eigenvalue weighted by atomic mass is 16.5. The van der Waals surface area contributed by atoms with Crippen molar-refractivity contribution in [1.29, 1.82) is 5.26 Å². The number of aromatic nitrogens is 1. The number of rotatable bonds is 5. The number of hydrogen-bond acceptors (Lipinski definition) is 5. The molecule has 0 bridgehead atoms. The second-order valence-corrected chi connectivity index (χ2v) is 6.83. The van der Waals surface area contributed by atoms with Crippen molar-refractivity contribution in [2.24, 2.45) is 0 Å². The molecule has 0 fully saturated rings. The van der Waals surface area contributed by atoms with E-state index in [0.717, 1.165) is 28.9 Å². The summed E-state index contributed by atoms with van der Waals surface area (Å²) < 4.78 is 11.2. The van der Waals surface area contributed by atoms with E-state index in [1.54, 1.807) is 42.6 Å². The highest BCUT2D eigenvalue weighted by Gasteiger charge is 2.11. The number of nitrogens with zero attached hydrogens (tertiary/aromatic N) is 2. The van der Waals surface area contributed by atoms with Crippen molar-refractivity contribution in [3.05, 3.63) is 83.1 Å². The van der Waals surface area contributed by atoms with Crippen LogP contribution in [0, 0.1) is 18.3 Å². The maximum Gasteiger partial charge on any atom is 0.248 e. The Morgan fingerprint density at radius 3 is 3.00 bits per heavy atom. The molecular formula is C24H19N3O3. The lowest BCUT2D eigenvalue weighted by Gasteiger charge is -2.10. The molecule has 2 aromatic carbocycles. The average molecular weight is 397 g/mol. The predicted molar refractivity (Wildman–Crippen MR) is 114 cm³/mol. The molecule has 6 heteroatoms. The zero-order valence-electron chi connectivity index (χ0n) is 16.4. The van der Waals surface area contributed by atoms with Gasteiger partial charge in [0.05, 0.1) is 6.61 Å². The molecule has 148 valence electrons. The first-order valence-electron chi connectivity index (χ1n) is 9.51. The van der Waals surface area contributed by atoms with E-state index in [4.69, 9.17) is 14.7 Å². The van der Waals surface area contributed by atoms with Crippen molar-refractivity contribution < 1.29 is 14.3 Å². The van der Waals surface area contributed by atoms with E-state index in [2.05, 4.69) is 16.4 Å². The van der Waals surface area contributed by atoms with Crippen LogP contribution in [0.3, 0.4) is 0 Å². The first kappa shape index (κ1) is 19.2. The van der Waals surface area contributed by atoms with E-state index in [-0.39, 0.29) is 11.8 Å². The van der Waals surface area contributed by atoms with Gasteiger partial charge in [0.15, 0.2) is 0 Å². The number of amides is 1. The normalized spacial score (nSPS) is 12.1. The lowest BCUT2D eigenvalue weighted by Crippen LogP contribution is -2.09. The molecule has 1 N–H and O–H groups in total. The van der Waals surface area contributed by atoms with Gasteiger partial charge in [-0.05, 0) is 72.2 Å². The van der Waals surface area contributed by atoms with Crippen molar-refractivity contribution >= 4 is 17.7 Å². The summed E-state index contributed by atoms with van der Waals surface area (Å²) in [6, 6.07) is 16.5. The third-order valence-corrected chi connectivity index (χ3v) is 4.70. The van der Waals surface area contributed by atoms with Crippen molar-refractivity contribution in [2.75, 3.05) is 11.9 Å². The van der Waals surface area contributed by atoms with Crippen LogP contribution in [0.4, 0.5) is 5.69 Å². The average Bonchev–Trinajstić information content (AvgIpc) is 3.22. The number of nitrogens with one attached hydrogen (secondary N) is 1. The van der Waals surface area contributed by atoms with Crippen molar-refractivity contribution in [2.45, 2.75) is 13.3 Å². The van der Waals surface area contributed by atoms with Crippen LogP contribution in [0.25, 0.3) is 6.08 Å². The van der Waals surface area contributed by atoms with Crippen LogP contribution in [0.2, 0.25) is 0 Å². The van der Waals surface area contributed by atoms with Crippen molar-refractivity contribution in [3.8, 4) is 23.4 Å². The number of pyridine rings is 1. The van der Waals surface area contributed by atoms with Gasteiger partial charge in [0.25, 0.3) is 0 Å². The number of carbonyl (C=O) groups is 1. The van der Waals surface area contributed by atoms with Gasteiger partial charge in [0.2, 0.25) is 11.8 Å². The van der Waals surface area contributed by atoms with E-state index in [0.29, 0.717) is 23.6 Å². The van der Waals surface area contributed by atoms with Gasteiger partial charge in [-0.3, -0.25) is 4.79 Å². The number of fused-ring (bicyclic) bond motifs is 1. The second kappa shape index (κ2) is 8.50. The number of anilines is 1. The SMILES string of the molecule is Cc1cc(Oc2ncccc2C#N)ccc1NC(=O)/C=C/c1ccc2c(c1)CCO2. The van der Waals surface area contributed by atoms with E-state index < -0.39 is 0 Å². The molecule has 4 rings (SSSR count). The summed E-state index contributed by atoms with van der Waals surface area (Å²) in [5.74, 6) is 1.48. The Bertz CT molecular complexity index is 1180. The number of carbonyl (C=O) groups excluding carboxylic acids is 1. The molecule has 30 heavy (non-hydrogen) atoms. The summed E-state index contributed by atoms with van der Waals surface area (Å²) in [7, 11) is 0. The van der Waals surface area contributed by atoms with Gasteiger partial charge in [-0.2, -0.15) is 5.26 Å². The number of nitriles is 1. The third-order valence-electron chi connectivity index (χ3n) is 4.70. The minimum Gasteiger partial charge on any atom is -0.493 e. The Hall–Kier alpha value is -4.11. The van der Waals surface area contributed by atoms with Gasteiger partial charge in [-0.25, -0.2) is 4.98 Å². The fraction of sp³-hybridized carbons (Fsp3) is 0.125. The lowest BCUT2D eigenvalue weighted by atomic mass is 10.1. The molecule has 6 nitrogen and oxygen atoms in total. The first-order valence-corrected chi connectivity index (χ1v) is 9.51. The number of hydrogen-bond donors (Lipinski definition) is 1. The molecule has 0 saturated carbocycles. The highest BCUT2D eigenvalue weighted by Crippen LogP contribution is 2.28. The number of aryl methyl sites for hydroxylation is 1. The molecule has 1 aliphatic heterocycles. The van der Waals surface area contributed by atoms with Gasteiger partial charge >= 0.3 is 0 Å². The Morgan fingerprint density at radius 2 is 2.17 bits per heavy atom. The van der Waals surface area contributed by atoms with Gasteiger partial charge in [-0.15, -0.1) is 0 Å². The van der Waals surface area contributed by atoms with E-state index in [9.17, 15) is 4.79 Å². The second-order valence-electron chi connectivity index (χ2n) is 6.83. The molecule has 2 heterocycles. The summed E-state index contributed by atoms with van der Waals surface area (Å²) in [6.45, 7) is 2.58. The monoisotopic (exact) mass is 397 g/mol. The van der Waals surface area contributed by atoms with Crippen LogP contribution in [-0.4, -0.2) is 17.5 Å². The maximum atomic E-state index is 12.3. The predicted octanol–water partition coefficient (Wildman–Crippen LogP) is 4.64. The summed E-state index contributed by atoms with van der Waals surface area (Å²) in [6.07, 6.45) is 5.75. The van der Waals surface area contributed by atoms with Crippen LogP contribution in [0.5, 0.6) is 17.4 Å². The molecule has 0 atom stereocenters. The Balaban J connectivity index is 1.42. The summed E-state index contributed by atoms with van der Waals surface area (Å²) in [5, 5.41) is 12.0. The molecule has 3 aromatic rings. The maximum absolute atomic E-state index is 12.3. The standard InChI is InChI=1S/C24H19N3O3/c1-16-13-20(30-24-19(15-25)3-2-11-26-24)6-7-21(16)27-23(28)9-5-17-4-8-22-18(14-17)10-12-29-22/h2-9,11,13-14H,10,12H2,1H3,(H,27,28)/b9-5+. The van der Waals surface area contributed by atoms with Gasteiger partial charge in [-0.1, -0.05) is 6.07 Å². The molecule has 0 saturated heterocycles. The molecule has 0 unspecified atom stereocenters. The Labute approximate surface area is 174 Å². The smallest absolute Gasteiger partial charge is 0.248 e. The quantitative estimate of drug-likeness (QED) is 0.634. The highest BCUT2D eigenvalue weighted by molar-refractivity contribution is 6.02. The fourth-order valence-corrected chi connectivity index (χ4v) is 3.17. The van der Waals surface area contributed by atoms with E-state index >= 15 is 0 Å². The molecule has 1 amide bonds. The topological polar surface area (TPSA) is 84.2 Å². The summed E-state index contributed by atoms with van der Waals surface area (Å²) in [5.41, 5.74) is 3.99. The molecule has 0 spiro atoms. The minimum absolute atomic E-state index is 0.222. The Morgan fingerprint density at radius 1 is 1.27 bits per heavy atom. The van der Waals surface area contributed by atoms with Gasteiger partial charge in [0, 0.05) is 24.4 Å². The number of benzene rings is 2. The molecular weight excluding hydrogens is 378 g/mol. The van der Waals surface area contributed by atoms with Crippen LogP contribution in [-0.2, 0) is 11.2 Å². The van der Waals surface area contributed by atoms with Crippen LogP contribution in [0.15, 0.2) is 60.8 Å².